The maximum Gasteiger partial charge on any atom is 0.00670 e. The molecule has 0 bridgehead atoms. The first kappa shape index (κ1) is 14.0. The van der Waals surface area contributed by atoms with E-state index in [0.29, 0.717) is 6.04 Å². The van der Waals surface area contributed by atoms with Gasteiger partial charge in [0.15, 0.2) is 0 Å². The van der Waals surface area contributed by atoms with Gasteiger partial charge in [0.1, 0.15) is 0 Å². The molecule has 1 aliphatic carbocycles. The van der Waals surface area contributed by atoms with Gasteiger partial charge < -0.3 is 10.2 Å². The van der Waals surface area contributed by atoms with Crippen LogP contribution in [0.2, 0.25) is 0 Å². The monoisotopic (exact) mass is 226 g/mol. The van der Waals surface area contributed by atoms with Gasteiger partial charge in [-0.2, -0.15) is 0 Å². The molecule has 1 saturated carbocycles. The molecule has 2 nitrogen and oxygen atoms in total. The SMILES string of the molecule is CC(NCCCN(C)C(C)C)C1CCCC1. The summed E-state index contributed by atoms with van der Waals surface area (Å²) in [6.07, 6.45) is 7.06. The molecule has 0 aromatic heterocycles. The maximum absolute atomic E-state index is 3.69. The fourth-order valence-electron chi connectivity index (χ4n) is 2.54. The molecule has 1 aliphatic rings. The van der Waals surface area contributed by atoms with Crippen molar-refractivity contribution in [3.05, 3.63) is 0 Å². The van der Waals surface area contributed by atoms with E-state index in [1.807, 2.05) is 0 Å². The first-order valence-electron chi connectivity index (χ1n) is 7.05. The second kappa shape index (κ2) is 7.29. The van der Waals surface area contributed by atoms with Crippen LogP contribution in [0.1, 0.15) is 52.9 Å². The Kier molecular flexibility index (Phi) is 6.37. The minimum atomic E-state index is 0.673. The van der Waals surface area contributed by atoms with Crippen molar-refractivity contribution in [2.45, 2.75) is 65.0 Å². The highest BCUT2D eigenvalue weighted by molar-refractivity contribution is 4.77. The van der Waals surface area contributed by atoms with E-state index < -0.39 is 0 Å². The van der Waals surface area contributed by atoms with Crippen LogP contribution in [-0.2, 0) is 0 Å². The van der Waals surface area contributed by atoms with Crippen LogP contribution in [0, 0.1) is 5.92 Å². The molecule has 0 saturated heterocycles. The fourth-order valence-corrected chi connectivity index (χ4v) is 2.54. The molecule has 0 heterocycles. The summed E-state index contributed by atoms with van der Waals surface area (Å²) >= 11 is 0. The minimum Gasteiger partial charge on any atom is -0.314 e. The molecule has 0 aromatic carbocycles. The van der Waals surface area contributed by atoms with E-state index in [4.69, 9.17) is 0 Å². The van der Waals surface area contributed by atoms with E-state index in [-0.39, 0.29) is 0 Å². The Morgan fingerprint density at radius 3 is 2.38 bits per heavy atom. The van der Waals surface area contributed by atoms with Gasteiger partial charge in [0.2, 0.25) is 0 Å². The van der Waals surface area contributed by atoms with Crippen molar-refractivity contribution in [1.29, 1.82) is 0 Å². The number of rotatable bonds is 7. The van der Waals surface area contributed by atoms with Gasteiger partial charge in [-0.3, -0.25) is 0 Å². The summed E-state index contributed by atoms with van der Waals surface area (Å²) in [6.45, 7) is 9.27. The zero-order valence-electron chi connectivity index (χ0n) is 11.6. The molecule has 0 aromatic rings. The summed E-state index contributed by atoms with van der Waals surface area (Å²) in [5.74, 6) is 0.947. The molecule has 0 amide bonds. The molecular weight excluding hydrogens is 196 g/mol. The third-order valence-corrected chi connectivity index (χ3v) is 4.14. The summed E-state index contributed by atoms with van der Waals surface area (Å²) in [5, 5.41) is 3.69. The van der Waals surface area contributed by atoms with Crippen LogP contribution >= 0.6 is 0 Å². The van der Waals surface area contributed by atoms with Crippen LogP contribution in [0.3, 0.4) is 0 Å². The lowest BCUT2D eigenvalue weighted by Gasteiger charge is -2.23. The van der Waals surface area contributed by atoms with E-state index in [0.717, 1.165) is 12.0 Å². The van der Waals surface area contributed by atoms with Crippen molar-refractivity contribution in [1.82, 2.24) is 10.2 Å². The summed E-state index contributed by atoms with van der Waals surface area (Å²) in [6, 6.07) is 1.40. The van der Waals surface area contributed by atoms with Gasteiger partial charge in [0.05, 0.1) is 0 Å². The number of hydrogen-bond acceptors (Lipinski definition) is 2. The third-order valence-electron chi connectivity index (χ3n) is 4.14. The zero-order valence-corrected chi connectivity index (χ0v) is 11.6. The highest BCUT2D eigenvalue weighted by Gasteiger charge is 2.20. The Labute approximate surface area is 102 Å². The van der Waals surface area contributed by atoms with Gasteiger partial charge in [-0.25, -0.2) is 0 Å². The Hall–Kier alpha value is -0.0800. The Balaban J connectivity index is 2.01. The lowest BCUT2D eigenvalue weighted by atomic mass is 10.00. The number of nitrogens with one attached hydrogen (secondary N) is 1. The summed E-state index contributed by atoms with van der Waals surface area (Å²) in [7, 11) is 2.21. The lowest BCUT2D eigenvalue weighted by molar-refractivity contribution is 0.265. The Morgan fingerprint density at radius 2 is 1.81 bits per heavy atom. The molecule has 16 heavy (non-hydrogen) atoms. The van der Waals surface area contributed by atoms with E-state index >= 15 is 0 Å². The van der Waals surface area contributed by atoms with Crippen molar-refractivity contribution in [3.63, 3.8) is 0 Å². The predicted molar refractivity (Wildman–Crippen MR) is 71.8 cm³/mol. The first-order valence-corrected chi connectivity index (χ1v) is 7.05. The fraction of sp³-hybridized carbons (Fsp3) is 1.00. The minimum absolute atomic E-state index is 0.673. The topological polar surface area (TPSA) is 15.3 Å². The van der Waals surface area contributed by atoms with Crippen LogP contribution < -0.4 is 5.32 Å². The second-order valence-corrected chi connectivity index (χ2v) is 5.72. The molecule has 0 spiro atoms. The number of nitrogens with zero attached hydrogens (tertiary/aromatic N) is 1. The molecule has 1 fully saturated rings. The first-order chi connectivity index (χ1) is 7.61. The molecular formula is C14H30N2. The summed E-state index contributed by atoms with van der Waals surface area (Å²) in [4.78, 5) is 2.42. The van der Waals surface area contributed by atoms with Crippen molar-refractivity contribution in [2.75, 3.05) is 20.1 Å². The quantitative estimate of drug-likeness (QED) is 0.672. The van der Waals surface area contributed by atoms with Gasteiger partial charge in [-0.05, 0) is 66.1 Å². The van der Waals surface area contributed by atoms with Crippen molar-refractivity contribution in [3.8, 4) is 0 Å². The Bertz CT molecular complexity index is 174. The van der Waals surface area contributed by atoms with Crippen LogP contribution in [0.4, 0.5) is 0 Å². The van der Waals surface area contributed by atoms with Gasteiger partial charge >= 0.3 is 0 Å². The van der Waals surface area contributed by atoms with Crippen LogP contribution in [0.15, 0.2) is 0 Å². The van der Waals surface area contributed by atoms with E-state index in [9.17, 15) is 0 Å². The highest BCUT2D eigenvalue weighted by Crippen LogP contribution is 2.27. The highest BCUT2D eigenvalue weighted by atomic mass is 15.1. The standard InChI is InChI=1S/C14H30N2/c1-12(2)16(4)11-7-10-15-13(3)14-8-5-6-9-14/h12-15H,5-11H2,1-4H3. The van der Waals surface area contributed by atoms with E-state index in [2.05, 4.69) is 38.0 Å². The molecule has 2 heteroatoms. The largest absolute Gasteiger partial charge is 0.314 e. The molecule has 96 valence electrons. The molecule has 0 radical (unpaired) electrons. The molecule has 1 N–H and O–H groups in total. The van der Waals surface area contributed by atoms with Crippen molar-refractivity contribution >= 4 is 0 Å². The summed E-state index contributed by atoms with van der Waals surface area (Å²) < 4.78 is 0. The maximum atomic E-state index is 3.69. The van der Waals surface area contributed by atoms with Gasteiger partial charge in [-0.15, -0.1) is 0 Å². The molecule has 1 atom stereocenters. The zero-order chi connectivity index (χ0) is 12.0. The normalized spacial score (nSPS) is 19.9. The summed E-state index contributed by atoms with van der Waals surface area (Å²) in [5.41, 5.74) is 0. The van der Waals surface area contributed by atoms with Crippen molar-refractivity contribution in [2.24, 2.45) is 5.92 Å². The molecule has 1 unspecified atom stereocenters. The van der Waals surface area contributed by atoms with Crippen molar-refractivity contribution < 1.29 is 0 Å². The van der Waals surface area contributed by atoms with Gasteiger partial charge in [0.25, 0.3) is 0 Å². The smallest absolute Gasteiger partial charge is 0.00670 e. The predicted octanol–water partition coefficient (Wildman–Crippen LogP) is 2.89. The molecule has 1 rings (SSSR count). The third kappa shape index (κ3) is 4.84. The lowest BCUT2D eigenvalue weighted by Crippen LogP contribution is -2.35. The van der Waals surface area contributed by atoms with Gasteiger partial charge in [-0.1, -0.05) is 12.8 Å². The van der Waals surface area contributed by atoms with Crippen LogP contribution in [-0.4, -0.2) is 37.1 Å². The van der Waals surface area contributed by atoms with Gasteiger partial charge in [0, 0.05) is 12.1 Å². The average Bonchev–Trinajstić information content (AvgIpc) is 2.76. The molecule has 0 aliphatic heterocycles. The number of hydrogen-bond donors (Lipinski definition) is 1. The second-order valence-electron chi connectivity index (χ2n) is 5.72. The van der Waals surface area contributed by atoms with E-state index in [1.165, 1.54) is 45.2 Å². The Morgan fingerprint density at radius 1 is 1.19 bits per heavy atom. The van der Waals surface area contributed by atoms with E-state index in [1.54, 1.807) is 0 Å². The van der Waals surface area contributed by atoms with Crippen LogP contribution in [0.5, 0.6) is 0 Å². The average molecular weight is 226 g/mol. The van der Waals surface area contributed by atoms with Crippen LogP contribution in [0.25, 0.3) is 0 Å².